The number of urea groups is 1. The number of hydrogen-bond acceptors (Lipinski definition) is 3. The average Bonchev–Trinajstić information content (AvgIpc) is 2.49. The van der Waals surface area contributed by atoms with Gasteiger partial charge in [-0.3, -0.25) is 0 Å². The third-order valence-corrected chi connectivity index (χ3v) is 3.75. The van der Waals surface area contributed by atoms with Crippen molar-refractivity contribution in [3.05, 3.63) is 0 Å². The molecule has 0 aliphatic rings. The topological polar surface area (TPSA) is 81.4 Å². The van der Waals surface area contributed by atoms with Crippen molar-refractivity contribution in [1.29, 1.82) is 0 Å². The largest absolute Gasteiger partial charge is 0.349 e. The molecular formula is C17H34N2O3. The summed E-state index contributed by atoms with van der Waals surface area (Å²) in [7, 11) is 0. The Kier molecular flexibility index (Phi) is 15.2. The molecule has 2 amide bonds. The van der Waals surface area contributed by atoms with Crippen molar-refractivity contribution in [2.75, 3.05) is 0 Å². The van der Waals surface area contributed by atoms with Crippen molar-refractivity contribution in [3.63, 3.8) is 0 Å². The number of nitrogens with two attached hydrogens (primary N) is 1. The van der Waals surface area contributed by atoms with Gasteiger partial charge in [0.2, 0.25) is 0 Å². The van der Waals surface area contributed by atoms with E-state index in [1.807, 2.05) is 5.48 Å². The van der Waals surface area contributed by atoms with Crippen LogP contribution in [0, 0.1) is 0 Å². The van der Waals surface area contributed by atoms with Gasteiger partial charge in [-0.25, -0.2) is 9.59 Å². The molecule has 5 heteroatoms. The first-order chi connectivity index (χ1) is 10.7. The van der Waals surface area contributed by atoms with Crippen LogP contribution in [0.3, 0.4) is 0 Å². The Hall–Kier alpha value is -1.26. The summed E-state index contributed by atoms with van der Waals surface area (Å²) in [6, 6.07) is -0.848. The number of hydroxylamine groups is 1. The van der Waals surface area contributed by atoms with Crippen LogP contribution in [0.25, 0.3) is 0 Å². The van der Waals surface area contributed by atoms with Crippen molar-refractivity contribution in [3.8, 4) is 0 Å². The molecule has 0 rings (SSSR count). The second-order valence-corrected chi connectivity index (χ2v) is 5.93. The van der Waals surface area contributed by atoms with Gasteiger partial charge in [0.15, 0.2) is 0 Å². The van der Waals surface area contributed by atoms with Crippen molar-refractivity contribution in [2.45, 2.75) is 96.8 Å². The molecule has 0 bridgehead atoms. The number of unbranched alkanes of at least 4 members (excludes halogenated alkanes) is 12. The number of carbonyl (C=O) groups is 2. The minimum absolute atomic E-state index is 0.331. The molecule has 0 saturated heterocycles. The Morgan fingerprint density at radius 2 is 1.18 bits per heavy atom. The number of primary amides is 1. The van der Waals surface area contributed by atoms with Crippen molar-refractivity contribution in [1.82, 2.24) is 5.48 Å². The van der Waals surface area contributed by atoms with Crippen LogP contribution in [0.15, 0.2) is 0 Å². The molecular weight excluding hydrogens is 280 g/mol. The maximum absolute atomic E-state index is 11.2. The number of nitrogens with one attached hydrogen (secondary N) is 1. The number of rotatable bonds is 14. The quantitative estimate of drug-likeness (QED) is 0.363. The van der Waals surface area contributed by atoms with Gasteiger partial charge in [0.05, 0.1) is 0 Å². The zero-order valence-corrected chi connectivity index (χ0v) is 14.2. The SMILES string of the molecule is CCCCCCCCCCCCCCCC(=O)ONC(N)=O. The lowest BCUT2D eigenvalue weighted by Gasteiger charge is -2.04. The van der Waals surface area contributed by atoms with Crippen LogP contribution in [0.5, 0.6) is 0 Å². The second kappa shape index (κ2) is 16.1. The molecule has 0 aliphatic carbocycles. The molecule has 0 spiro atoms. The van der Waals surface area contributed by atoms with Gasteiger partial charge in [-0.15, -0.1) is 0 Å². The fourth-order valence-electron chi connectivity index (χ4n) is 2.45. The highest BCUT2D eigenvalue weighted by Crippen LogP contribution is 2.12. The highest BCUT2D eigenvalue weighted by molar-refractivity contribution is 5.74. The summed E-state index contributed by atoms with van der Waals surface area (Å²) in [6.45, 7) is 2.25. The van der Waals surface area contributed by atoms with E-state index in [1.165, 1.54) is 64.2 Å². The minimum Gasteiger partial charge on any atom is -0.349 e. The van der Waals surface area contributed by atoms with Gasteiger partial charge in [0, 0.05) is 6.42 Å². The van der Waals surface area contributed by atoms with Gasteiger partial charge in [0.1, 0.15) is 0 Å². The summed E-state index contributed by atoms with van der Waals surface area (Å²) < 4.78 is 0. The van der Waals surface area contributed by atoms with E-state index in [1.54, 1.807) is 0 Å². The molecule has 0 aromatic carbocycles. The highest BCUT2D eigenvalue weighted by atomic mass is 16.7. The average molecular weight is 314 g/mol. The molecule has 130 valence electrons. The van der Waals surface area contributed by atoms with Crippen molar-refractivity contribution in [2.24, 2.45) is 5.73 Å². The lowest BCUT2D eigenvalue weighted by Crippen LogP contribution is -2.31. The Labute approximate surface area is 135 Å². The Bertz CT molecular complexity index is 283. The molecule has 0 aromatic rings. The normalized spacial score (nSPS) is 10.4. The fourth-order valence-corrected chi connectivity index (χ4v) is 2.45. The third kappa shape index (κ3) is 16.8. The number of hydrogen-bond donors (Lipinski definition) is 2. The van der Waals surface area contributed by atoms with Crippen molar-refractivity contribution < 1.29 is 14.4 Å². The first-order valence-corrected chi connectivity index (χ1v) is 8.92. The van der Waals surface area contributed by atoms with Gasteiger partial charge >= 0.3 is 12.0 Å². The maximum atomic E-state index is 11.2. The molecule has 22 heavy (non-hydrogen) atoms. The molecule has 0 atom stereocenters. The minimum atomic E-state index is -0.848. The molecule has 0 unspecified atom stereocenters. The van der Waals surface area contributed by atoms with Gasteiger partial charge in [-0.2, -0.15) is 5.48 Å². The standard InChI is InChI=1S/C17H34N2O3/c1-2-3-4-5-6-7-8-9-10-11-12-13-14-15-16(20)22-19-17(18)21/h2-15H2,1H3,(H3,18,19,21). The number of amides is 2. The Balaban J connectivity index is 3.11. The molecule has 0 fully saturated rings. The monoisotopic (exact) mass is 314 g/mol. The molecule has 5 nitrogen and oxygen atoms in total. The summed E-state index contributed by atoms with van der Waals surface area (Å²) >= 11 is 0. The molecule has 3 N–H and O–H groups in total. The predicted molar refractivity (Wildman–Crippen MR) is 89.1 cm³/mol. The van der Waals surface area contributed by atoms with Gasteiger partial charge in [-0.1, -0.05) is 84.0 Å². The lowest BCUT2D eigenvalue weighted by molar-refractivity contribution is -0.148. The van der Waals surface area contributed by atoms with E-state index < -0.39 is 12.0 Å². The lowest BCUT2D eigenvalue weighted by atomic mass is 10.0. The van der Waals surface area contributed by atoms with Gasteiger partial charge in [-0.05, 0) is 6.42 Å². The third-order valence-electron chi connectivity index (χ3n) is 3.75. The van der Waals surface area contributed by atoms with E-state index in [9.17, 15) is 9.59 Å². The van der Waals surface area contributed by atoms with Crippen molar-refractivity contribution >= 4 is 12.0 Å². The van der Waals surface area contributed by atoms with Gasteiger partial charge < -0.3 is 10.6 Å². The van der Waals surface area contributed by atoms with E-state index in [-0.39, 0.29) is 0 Å². The van der Waals surface area contributed by atoms with E-state index in [4.69, 9.17) is 5.73 Å². The second-order valence-electron chi connectivity index (χ2n) is 5.93. The van der Waals surface area contributed by atoms with E-state index in [2.05, 4.69) is 11.8 Å². The molecule has 0 saturated carbocycles. The molecule has 0 aliphatic heterocycles. The Morgan fingerprint density at radius 1 is 0.773 bits per heavy atom. The first kappa shape index (κ1) is 20.7. The summed E-state index contributed by atoms with van der Waals surface area (Å²) in [4.78, 5) is 25.9. The molecule has 0 aromatic heterocycles. The molecule has 0 radical (unpaired) electrons. The van der Waals surface area contributed by atoms with E-state index in [0.717, 1.165) is 19.3 Å². The molecule has 0 heterocycles. The van der Waals surface area contributed by atoms with Crippen LogP contribution >= 0.6 is 0 Å². The zero-order valence-electron chi connectivity index (χ0n) is 14.2. The first-order valence-electron chi connectivity index (χ1n) is 8.92. The van der Waals surface area contributed by atoms with Crippen LogP contribution in [0.4, 0.5) is 4.79 Å². The highest BCUT2D eigenvalue weighted by Gasteiger charge is 2.03. The van der Waals surface area contributed by atoms with E-state index in [0.29, 0.717) is 6.42 Å². The maximum Gasteiger partial charge on any atom is 0.345 e. The van der Waals surface area contributed by atoms with E-state index >= 15 is 0 Å². The smallest absolute Gasteiger partial charge is 0.345 e. The van der Waals surface area contributed by atoms with Gasteiger partial charge in [0.25, 0.3) is 0 Å². The summed E-state index contributed by atoms with van der Waals surface area (Å²) in [6.07, 6.45) is 16.8. The summed E-state index contributed by atoms with van der Waals surface area (Å²) in [5.74, 6) is -0.429. The van der Waals surface area contributed by atoms with Crippen LogP contribution in [0.2, 0.25) is 0 Å². The zero-order chi connectivity index (χ0) is 16.5. The predicted octanol–water partition coefficient (Wildman–Crippen LogP) is 4.59. The number of carbonyl (C=O) groups excluding carboxylic acids is 2. The van der Waals surface area contributed by atoms with Crippen LogP contribution in [0.1, 0.15) is 96.8 Å². The Morgan fingerprint density at radius 3 is 1.59 bits per heavy atom. The summed E-state index contributed by atoms with van der Waals surface area (Å²) in [5.41, 5.74) is 6.62. The van der Waals surface area contributed by atoms with Crippen LogP contribution in [-0.4, -0.2) is 12.0 Å². The fraction of sp³-hybridized carbons (Fsp3) is 0.882. The van der Waals surface area contributed by atoms with Crippen LogP contribution < -0.4 is 11.2 Å². The van der Waals surface area contributed by atoms with Crippen LogP contribution in [-0.2, 0) is 9.63 Å². The summed E-state index contributed by atoms with van der Waals surface area (Å²) in [5, 5.41) is 0.